The zero-order valence-corrected chi connectivity index (χ0v) is 12.4. The fraction of sp³-hybridized carbons (Fsp3) is 0.353. The van der Waals surface area contributed by atoms with Gasteiger partial charge in [0.2, 0.25) is 5.76 Å². The molecule has 0 amide bonds. The van der Waals surface area contributed by atoms with E-state index in [1.54, 1.807) is 13.2 Å². The lowest BCUT2D eigenvalue weighted by atomic mass is 10.0. The molecular formula is C17H20O4. The monoisotopic (exact) mass is 288 g/mol. The largest absolute Gasteiger partial charge is 0.496 e. The third-order valence-electron chi connectivity index (χ3n) is 3.40. The van der Waals surface area contributed by atoms with Gasteiger partial charge in [-0.3, -0.25) is 0 Å². The molecule has 2 rings (SSSR count). The van der Waals surface area contributed by atoms with Crippen LogP contribution < -0.4 is 4.74 Å². The normalized spacial score (nSPS) is 10.6. The van der Waals surface area contributed by atoms with Gasteiger partial charge in [0.05, 0.1) is 7.11 Å². The Kier molecular flexibility index (Phi) is 5.04. The molecule has 0 saturated carbocycles. The minimum atomic E-state index is -1.04. The van der Waals surface area contributed by atoms with E-state index in [2.05, 4.69) is 25.1 Å². The Hall–Kier alpha value is -2.23. The van der Waals surface area contributed by atoms with Crippen LogP contribution >= 0.6 is 0 Å². The molecule has 4 heteroatoms. The molecule has 0 bridgehead atoms. The third-order valence-corrected chi connectivity index (χ3v) is 3.40. The summed E-state index contributed by atoms with van der Waals surface area (Å²) in [6, 6.07) is 9.46. The van der Waals surface area contributed by atoms with Gasteiger partial charge >= 0.3 is 5.97 Å². The standard InChI is InChI=1S/C17H20O4/c1-3-4-12-5-6-13(16(11-12)20-2)7-8-14-9-10-15(21-14)17(18)19/h5-6,9-11H,3-4,7-8H2,1-2H3,(H,18,19). The molecule has 112 valence electrons. The number of aryl methyl sites for hydroxylation is 3. The van der Waals surface area contributed by atoms with Gasteiger partial charge in [-0.2, -0.15) is 0 Å². The van der Waals surface area contributed by atoms with Crippen LogP contribution in [0.5, 0.6) is 5.75 Å². The van der Waals surface area contributed by atoms with Gasteiger partial charge in [-0.25, -0.2) is 4.79 Å². The topological polar surface area (TPSA) is 59.7 Å². The molecule has 1 aromatic heterocycles. The van der Waals surface area contributed by atoms with Crippen LogP contribution in [0.4, 0.5) is 0 Å². The predicted molar refractivity (Wildman–Crippen MR) is 80.1 cm³/mol. The first kappa shape index (κ1) is 15.2. The van der Waals surface area contributed by atoms with Crippen LogP contribution in [-0.2, 0) is 19.3 Å². The second-order valence-corrected chi connectivity index (χ2v) is 4.97. The molecule has 0 atom stereocenters. The zero-order valence-electron chi connectivity index (χ0n) is 12.4. The van der Waals surface area contributed by atoms with E-state index in [0.29, 0.717) is 12.2 Å². The molecule has 0 fully saturated rings. The Labute approximate surface area is 124 Å². The molecule has 1 aromatic carbocycles. The maximum Gasteiger partial charge on any atom is 0.371 e. The summed E-state index contributed by atoms with van der Waals surface area (Å²) in [4.78, 5) is 10.8. The zero-order chi connectivity index (χ0) is 15.2. The molecule has 0 aliphatic heterocycles. The van der Waals surface area contributed by atoms with Crippen LogP contribution in [0.15, 0.2) is 34.7 Å². The highest BCUT2D eigenvalue weighted by Crippen LogP contribution is 2.23. The lowest BCUT2D eigenvalue weighted by Crippen LogP contribution is -1.97. The van der Waals surface area contributed by atoms with Crippen molar-refractivity contribution in [1.82, 2.24) is 0 Å². The first-order valence-corrected chi connectivity index (χ1v) is 7.11. The van der Waals surface area contributed by atoms with Gasteiger partial charge in [0.25, 0.3) is 0 Å². The molecule has 0 radical (unpaired) electrons. The number of furan rings is 1. The summed E-state index contributed by atoms with van der Waals surface area (Å²) >= 11 is 0. The quantitative estimate of drug-likeness (QED) is 0.843. The van der Waals surface area contributed by atoms with Crippen LogP contribution in [0.25, 0.3) is 0 Å². The number of aromatic carboxylic acids is 1. The Morgan fingerprint density at radius 1 is 1.19 bits per heavy atom. The summed E-state index contributed by atoms with van der Waals surface area (Å²) in [6.07, 6.45) is 3.54. The predicted octanol–water partition coefficient (Wildman–Crippen LogP) is 3.72. The minimum Gasteiger partial charge on any atom is -0.496 e. The fourth-order valence-corrected chi connectivity index (χ4v) is 2.32. The van der Waals surface area contributed by atoms with E-state index in [0.717, 1.165) is 30.6 Å². The summed E-state index contributed by atoms with van der Waals surface area (Å²) in [5, 5.41) is 8.83. The van der Waals surface area contributed by atoms with Crippen LogP contribution in [0, 0.1) is 0 Å². The van der Waals surface area contributed by atoms with Crippen molar-refractivity contribution >= 4 is 5.97 Å². The summed E-state index contributed by atoms with van der Waals surface area (Å²) in [7, 11) is 1.67. The molecule has 2 aromatic rings. The average Bonchev–Trinajstić information content (AvgIpc) is 2.95. The van der Waals surface area contributed by atoms with Gasteiger partial charge in [0.1, 0.15) is 11.5 Å². The van der Waals surface area contributed by atoms with Crippen LogP contribution in [0.2, 0.25) is 0 Å². The summed E-state index contributed by atoms with van der Waals surface area (Å²) in [6.45, 7) is 2.15. The SMILES string of the molecule is CCCc1ccc(CCc2ccc(C(=O)O)o2)c(OC)c1. The number of ether oxygens (including phenoxy) is 1. The summed E-state index contributed by atoms with van der Waals surface area (Å²) in [5.74, 6) is 0.496. The average molecular weight is 288 g/mol. The Morgan fingerprint density at radius 2 is 2.00 bits per heavy atom. The Balaban J connectivity index is 2.06. The number of hydrogen-bond acceptors (Lipinski definition) is 3. The number of methoxy groups -OCH3 is 1. The molecule has 0 spiro atoms. The Morgan fingerprint density at radius 3 is 2.62 bits per heavy atom. The Bertz CT molecular complexity index is 613. The van der Waals surface area contributed by atoms with E-state index in [9.17, 15) is 4.79 Å². The van der Waals surface area contributed by atoms with Crippen LogP contribution in [-0.4, -0.2) is 18.2 Å². The molecule has 1 heterocycles. The van der Waals surface area contributed by atoms with E-state index >= 15 is 0 Å². The van der Waals surface area contributed by atoms with Crippen molar-refractivity contribution in [2.75, 3.05) is 7.11 Å². The van der Waals surface area contributed by atoms with Gasteiger partial charge in [-0.1, -0.05) is 25.5 Å². The second-order valence-electron chi connectivity index (χ2n) is 4.97. The number of carboxylic acid groups (broad SMARTS) is 1. The molecule has 0 aliphatic carbocycles. The highest BCUT2D eigenvalue weighted by Gasteiger charge is 2.10. The molecular weight excluding hydrogens is 268 g/mol. The number of benzene rings is 1. The van der Waals surface area contributed by atoms with E-state index in [-0.39, 0.29) is 5.76 Å². The molecule has 4 nitrogen and oxygen atoms in total. The van der Waals surface area contributed by atoms with Gasteiger partial charge in [-0.05, 0) is 42.2 Å². The van der Waals surface area contributed by atoms with Gasteiger partial charge < -0.3 is 14.3 Å². The summed E-state index contributed by atoms with van der Waals surface area (Å²) < 4.78 is 10.7. The smallest absolute Gasteiger partial charge is 0.371 e. The molecule has 21 heavy (non-hydrogen) atoms. The van der Waals surface area contributed by atoms with Crippen molar-refractivity contribution in [3.05, 3.63) is 53.0 Å². The maximum absolute atomic E-state index is 10.8. The maximum atomic E-state index is 10.8. The molecule has 0 aliphatic rings. The number of hydrogen-bond donors (Lipinski definition) is 1. The third kappa shape index (κ3) is 3.88. The fourth-order valence-electron chi connectivity index (χ4n) is 2.32. The number of carbonyl (C=O) groups is 1. The lowest BCUT2D eigenvalue weighted by molar-refractivity contribution is 0.0660. The van der Waals surface area contributed by atoms with Crippen molar-refractivity contribution in [1.29, 1.82) is 0 Å². The molecule has 1 N–H and O–H groups in total. The van der Waals surface area contributed by atoms with Gasteiger partial charge in [0.15, 0.2) is 0 Å². The highest BCUT2D eigenvalue weighted by molar-refractivity contribution is 5.84. The van der Waals surface area contributed by atoms with Gasteiger partial charge in [0, 0.05) is 6.42 Å². The van der Waals surface area contributed by atoms with Crippen molar-refractivity contribution < 1.29 is 19.1 Å². The van der Waals surface area contributed by atoms with E-state index in [4.69, 9.17) is 14.3 Å². The summed E-state index contributed by atoms with van der Waals surface area (Å²) in [5.41, 5.74) is 2.37. The highest BCUT2D eigenvalue weighted by atomic mass is 16.5. The second kappa shape index (κ2) is 6.97. The van der Waals surface area contributed by atoms with Crippen LogP contribution in [0.1, 0.15) is 40.8 Å². The van der Waals surface area contributed by atoms with Crippen molar-refractivity contribution in [2.24, 2.45) is 0 Å². The molecule has 0 saturated heterocycles. The number of rotatable bonds is 7. The van der Waals surface area contributed by atoms with Crippen molar-refractivity contribution in [3.63, 3.8) is 0 Å². The molecule has 0 unspecified atom stereocenters. The van der Waals surface area contributed by atoms with E-state index in [1.165, 1.54) is 11.6 Å². The number of carboxylic acids is 1. The lowest BCUT2D eigenvalue weighted by Gasteiger charge is -2.10. The van der Waals surface area contributed by atoms with Gasteiger partial charge in [-0.15, -0.1) is 0 Å². The minimum absolute atomic E-state index is 0.0183. The van der Waals surface area contributed by atoms with E-state index in [1.807, 2.05) is 0 Å². The van der Waals surface area contributed by atoms with Crippen LogP contribution in [0.3, 0.4) is 0 Å². The first-order valence-electron chi connectivity index (χ1n) is 7.11. The van der Waals surface area contributed by atoms with E-state index < -0.39 is 5.97 Å². The van der Waals surface area contributed by atoms with Crippen molar-refractivity contribution in [3.8, 4) is 5.75 Å². The van der Waals surface area contributed by atoms with Crippen molar-refractivity contribution in [2.45, 2.75) is 32.6 Å². The first-order chi connectivity index (χ1) is 10.1.